The van der Waals surface area contributed by atoms with Crippen LogP contribution < -0.4 is 11.2 Å². The molecule has 0 bridgehead atoms. The van der Waals surface area contributed by atoms with Gasteiger partial charge in [0.1, 0.15) is 6.29 Å². The predicted octanol–water partition coefficient (Wildman–Crippen LogP) is 2.24. The van der Waals surface area contributed by atoms with Gasteiger partial charge < -0.3 is 9.36 Å². The number of carbonyl (C=O) groups is 1. The van der Waals surface area contributed by atoms with Crippen LogP contribution in [0.4, 0.5) is 0 Å². The Morgan fingerprint density at radius 2 is 1.76 bits per heavy atom. The van der Waals surface area contributed by atoms with E-state index in [0.717, 1.165) is 51.2 Å². The molecule has 0 atom stereocenters. The zero-order valence-corrected chi connectivity index (χ0v) is 15.2. The Morgan fingerprint density at radius 3 is 2.48 bits per heavy atom. The van der Waals surface area contributed by atoms with Crippen molar-refractivity contribution in [3.8, 4) is 0 Å². The molecule has 0 unspecified atom stereocenters. The highest BCUT2D eigenvalue weighted by Gasteiger charge is 2.15. The molecule has 0 spiro atoms. The zero-order valence-electron chi connectivity index (χ0n) is 15.2. The number of unbranched alkanes of at least 4 members (excludes halogenated alkanes) is 6. The van der Waals surface area contributed by atoms with Gasteiger partial charge in [-0.2, -0.15) is 0 Å². The van der Waals surface area contributed by atoms with E-state index in [-0.39, 0.29) is 11.2 Å². The van der Waals surface area contributed by atoms with E-state index in [9.17, 15) is 14.4 Å². The molecular weight excluding hydrogens is 320 g/mol. The summed E-state index contributed by atoms with van der Waals surface area (Å²) in [6.07, 6.45) is 9.85. The topological polar surface area (TPSA) is 78.9 Å². The number of aldehydes is 1. The number of rotatable bonds is 11. The Hall–Kier alpha value is -2.18. The quantitative estimate of drug-likeness (QED) is 0.461. The predicted molar refractivity (Wildman–Crippen MR) is 97.9 cm³/mol. The summed E-state index contributed by atoms with van der Waals surface area (Å²) in [4.78, 5) is 39.9. The van der Waals surface area contributed by atoms with Gasteiger partial charge in [-0.05, 0) is 19.3 Å². The van der Waals surface area contributed by atoms with Gasteiger partial charge in [0.05, 0.1) is 6.33 Å². The Bertz CT molecular complexity index is 816. The monoisotopic (exact) mass is 348 g/mol. The fourth-order valence-electron chi connectivity index (χ4n) is 3.07. The van der Waals surface area contributed by atoms with Crippen LogP contribution in [0.2, 0.25) is 0 Å². The molecule has 0 fully saturated rings. The second-order valence-corrected chi connectivity index (χ2v) is 6.49. The molecule has 138 valence electrons. The molecule has 2 heterocycles. The molecule has 0 amide bonds. The first-order valence-corrected chi connectivity index (χ1v) is 9.20. The minimum absolute atomic E-state index is 0.250. The summed E-state index contributed by atoms with van der Waals surface area (Å²) < 4.78 is 4.63. The van der Waals surface area contributed by atoms with Crippen molar-refractivity contribution in [1.29, 1.82) is 0 Å². The fraction of sp³-hybridized carbons (Fsp3) is 0.667. The Kier molecular flexibility index (Phi) is 7.16. The first kappa shape index (κ1) is 19.1. The maximum absolute atomic E-state index is 12.8. The molecule has 0 aliphatic heterocycles. The molecule has 0 aliphatic rings. The summed E-state index contributed by atoms with van der Waals surface area (Å²) in [6.45, 7) is 3.25. The maximum Gasteiger partial charge on any atom is 0.332 e. The molecule has 0 aliphatic carbocycles. The third-order valence-electron chi connectivity index (χ3n) is 4.56. The normalized spacial score (nSPS) is 11.3. The lowest BCUT2D eigenvalue weighted by molar-refractivity contribution is -0.107. The van der Waals surface area contributed by atoms with E-state index >= 15 is 0 Å². The first-order valence-electron chi connectivity index (χ1n) is 9.20. The molecule has 2 aromatic heterocycles. The third-order valence-corrected chi connectivity index (χ3v) is 4.56. The van der Waals surface area contributed by atoms with Gasteiger partial charge in [-0.1, -0.05) is 32.6 Å². The number of aryl methyl sites for hydroxylation is 2. The number of hydrogen-bond acceptors (Lipinski definition) is 4. The number of imidazole rings is 1. The summed E-state index contributed by atoms with van der Waals surface area (Å²) in [6, 6.07) is 0. The van der Waals surface area contributed by atoms with Crippen molar-refractivity contribution in [3.05, 3.63) is 27.2 Å². The van der Waals surface area contributed by atoms with Crippen molar-refractivity contribution in [2.75, 3.05) is 0 Å². The lowest BCUT2D eigenvalue weighted by atomic mass is 10.2. The number of hydrogen-bond donors (Lipinski definition) is 0. The molecule has 0 aromatic carbocycles. The van der Waals surface area contributed by atoms with E-state index in [1.165, 1.54) is 9.13 Å². The Labute approximate surface area is 147 Å². The average molecular weight is 348 g/mol. The third kappa shape index (κ3) is 4.46. The van der Waals surface area contributed by atoms with E-state index in [2.05, 4.69) is 11.9 Å². The van der Waals surface area contributed by atoms with Crippen LogP contribution in [0.1, 0.15) is 58.3 Å². The molecule has 0 radical (unpaired) electrons. The summed E-state index contributed by atoms with van der Waals surface area (Å²) >= 11 is 0. The maximum atomic E-state index is 12.8. The lowest BCUT2D eigenvalue weighted by Gasteiger charge is -2.09. The fourth-order valence-corrected chi connectivity index (χ4v) is 3.07. The van der Waals surface area contributed by atoms with Crippen LogP contribution in [0.3, 0.4) is 0 Å². The molecular formula is C18H28N4O3. The summed E-state index contributed by atoms with van der Waals surface area (Å²) in [5, 5.41) is 0. The first-order chi connectivity index (χ1) is 12.1. The van der Waals surface area contributed by atoms with E-state index in [4.69, 9.17) is 0 Å². The van der Waals surface area contributed by atoms with Gasteiger partial charge in [-0.25, -0.2) is 9.78 Å². The van der Waals surface area contributed by atoms with Gasteiger partial charge >= 0.3 is 5.69 Å². The van der Waals surface area contributed by atoms with Gasteiger partial charge in [0.15, 0.2) is 11.2 Å². The van der Waals surface area contributed by atoms with Gasteiger partial charge in [0.2, 0.25) is 0 Å². The molecule has 2 rings (SSSR count). The van der Waals surface area contributed by atoms with E-state index < -0.39 is 0 Å². The molecule has 7 nitrogen and oxygen atoms in total. The van der Waals surface area contributed by atoms with Crippen LogP contribution in [-0.2, 0) is 24.9 Å². The van der Waals surface area contributed by atoms with E-state index in [1.54, 1.807) is 13.4 Å². The highest BCUT2D eigenvalue weighted by Crippen LogP contribution is 2.09. The van der Waals surface area contributed by atoms with Crippen molar-refractivity contribution in [1.82, 2.24) is 18.7 Å². The molecule has 0 saturated carbocycles. The molecule has 2 aromatic rings. The van der Waals surface area contributed by atoms with Crippen molar-refractivity contribution < 1.29 is 4.79 Å². The van der Waals surface area contributed by atoms with Gasteiger partial charge in [0, 0.05) is 26.6 Å². The summed E-state index contributed by atoms with van der Waals surface area (Å²) in [7, 11) is 1.66. The highest BCUT2D eigenvalue weighted by molar-refractivity contribution is 5.69. The zero-order chi connectivity index (χ0) is 18.2. The Morgan fingerprint density at radius 1 is 1.04 bits per heavy atom. The number of carbonyl (C=O) groups excluding carboxylic acids is 1. The van der Waals surface area contributed by atoms with Crippen LogP contribution in [0, 0.1) is 0 Å². The van der Waals surface area contributed by atoms with Gasteiger partial charge in [-0.3, -0.25) is 13.9 Å². The SMILES string of the molecule is CCCCCCn1c(=O)c2c(ncn2CCCCCC=O)n(C)c1=O. The van der Waals surface area contributed by atoms with Crippen molar-refractivity contribution in [2.45, 2.75) is 71.4 Å². The van der Waals surface area contributed by atoms with Crippen LogP contribution in [0.5, 0.6) is 0 Å². The highest BCUT2D eigenvalue weighted by atomic mass is 16.2. The average Bonchev–Trinajstić information content (AvgIpc) is 3.03. The summed E-state index contributed by atoms with van der Waals surface area (Å²) in [5.74, 6) is 0. The van der Waals surface area contributed by atoms with Crippen molar-refractivity contribution in [3.63, 3.8) is 0 Å². The molecule has 0 saturated heterocycles. The van der Waals surface area contributed by atoms with Crippen LogP contribution in [0.15, 0.2) is 15.9 Å². The van der Waals surface area contributed by atoms with E-state index in [1.807, 2.05) is 4.57 Å². The van der Waals surface area contributed by atoms with Gasteiger partial charge in [0.25, 0.3) is 5.56 Å². The molecule has 25 heavy (non-hydrogen) atoms. The molecule has 0 N–H and O–H groups in total. The number of nitrogens with zero attached hydrogens (tertiary/aromatic N) is 4. The summed E-state index contributed by atoms with van der Waals surface area (Å²) in [5.41, 5.74) is 0.380. The van der Waals surface area contributed by atoms with Crippen molar-refractivity contribution >= 4 is 17.5 Å². The number of aromatic nitrogens is 4. The standard InChI is InChI=1S/C18H28N4O3/c1-3-4-5-9-12-22-17(24)15-16(20(2)18(22)25)19-14-21(15)11-8-6-7-10-13-23/h13-14H,3-12H2,1-2H3. The van der Waals surface area contributed by atoms with E-state index in [0.29, 0.717) is 30.7 Å². The lowest BCUT2D eigenvalue weighted by Crippen LogP contribution is -2.39. The van der Waals surface area contributed by atoms with Crippen molar-refractivity contribution in [2.24, 2.45) is 7.05 Å². The Balaban J connectivity index is 2.24. The smallest absolute Gasteiger partial charge is 0.325 e. The van der Waals surface area contributed by atoms with Crippen LogP contribution in [-0.4, -0.2) is 25.0 Å². The van der Waals surface area contributed by atoms with Crippen LogP contribution in [0.25, 0.3) is 11.2 Å². The number of fused-ring (bicyclic) bond motifs is 1. The minimum atomic E-state index is -0.301. The van der Waals surface area contributed by atoms with Crippen LogP contribution >= 0.6 is 0 Å². The largest absolute Gasteiger partial charge is 0.332 e. The second kappa shape index (κ2) is 9.34. The molecule has 7 heteroatoms. The van der Waals surface area contributed by atoms with Gasteiger partial charge in [-0.15, -0.1) is 0 Å². The minimum Gasteiger partial charge on any atom is -0.325 e. The second-order valence-electron chi connectivity index (χ2n) is 6.49.